The van der Waals surface area contributed by atoms with Crippen LogP contribution >= 0.6 is 35.6 Å². The molecule has 3 nitrogen and oxygen atoms in total. The van der Waals surface area contributed by atoms with Crippen LogP contribution in [-0.4, -0.2) is 35.4 Å². The van der Waals surface area contributed by atoms with Crippen LogP contribution in [0.4, 0.5) is 0 Å². The van der Waals surface area contributed by atoms with Crippen molar-refractivity contribution in [2.24, 2.45) is 0 Å². The molecule has 0 heterocycles. The van der Waals surface area contributed by atoms with Gasteiger partial charge in [-0.3, -0.25) is 4.79 Å². The molecule has 6 heteroatoms. The molecule has 1 N–H and O–H groups in total. The fourth-order valence-corrected chi connectivity index (χ4v) is 4.24. The second-order valence-electron chi connectivity index (χ2n) is 7.46. The molecule has 0 bridgehead atoms. The molecule has 0 radical (unpaired) electrons. The van der Waals surface area contributed by atoms with Gasteiger partial charge in [0.1, 0.15) is 0 Å². The smallest absolute Gasteiger partial charge is 0.194 e. The summed E-state index contributed by atoms with van der Waals surface area (Å²) in [5.41, 5.74) is 3.46. The summed E-state index contributed by atoms with van der Waals surface area (Å²) in [5, 5.41) is 12.1. The van der Waals surface area contributed by atoms with E-state index in [4.69, 9.17) is 23.2 Å². The summed E-state index contributed by atoms with van der Waals surface area (Å²) >= 11 is 12.4. The number of ketones is 1. The van der Waals surface area contributed by atoms with E-state index >= 15 is 0 Å². The molecule has 1 unspecified atom stereocenters. The molecule has 0 aromatic heterocycles. The molecule has 1 atom stereocenters. The highest BCUT2D eigenvalue weighted by Gasteiger charge is 2.31. The van der Waals surface area contributed by atoms with Gasteiger partial charge in [-0.2, -0.15) is 0 Å². The monoisotopic (exact) mass is 455 g/mol. The molecular formula is C23H28Cl3NO2. The number of carbonyl (C=O) groups excluding carboxylic acids is 1. The Hall–Kier alpha value is -1.10. The molecule has 2 aromatic rings. The van der Waals surface area contributed by atoms with Gasteiger partial charge in [0, 0.05) is 27.7 Å². The van der Waals surface area contributed by atoms with Crippen LogP contribution in [0.15, 0.2) is 30.3 Å². The number of hydrogen-bond acceptors (Lipinski definition) is 3. The second kappa shape index (κ2) is 10.8. The van der Waals surface area contributed by atoms with Gasteiger partial charge in [-0.15, -0.1) is 12.4 Å². The van der Waals surface area contributed by atoms with Gasteiger partial charge >= 0.3 is 0 Å². The largest absolute Gasteiger partial charge is 0.387 e. The highest BCUT2D eigenvalue weighted by Crippen LogP contribution is 2.43. The van der Waals surface area contributed by atoms with Gasteiger partial charge in [0.15, 0.2) is 5.78 Å². The summed E-state index contributed by atoms with van der Waals surface area (Å²) < 4.78 is 0. The number of halogens is 3. The van der Waals surface area contributed by atoms with E-state index in [1.807, 2.05) is 6.07 Å². The lowest BCUT2D eigenvalue weighted by molar-refractivity contribution is 0.104. The maximum absolute atomic E-state index is 12.9. The molecule has 0 saturated carbocycles. The van der Waals surface area contributed by atoms with Crippen LogP contribution in [0, 0.1) is 0 Å². The average Bonchev–Trinajstić information content (AvgIpc) is 2.95. The van der Waals surface area contributed by atoms with Crippen molar-refractivity contribution < 1.29 is 9.90 Å². The number of aliphatic hydroxyl groups excluding tert-OH is 1. The fraction of sp³-hybridized carbons (Fsp3) is 0.435. The minimum absolute atomic E-state index is 0. The zero-order valence-electron chi connectivity index (χ0n) is 16.9. The standard InChI is InChI=1S/C23H27Cl2NO2.ClH/c1-3-5-9-26(10-6-4-2)14-21(27)19-12-16(25)13-20-22(19)17-8-7-15(24)11-18(17)23(20)28;/h7-8,11-13,21,27H,3-6,9-10,14H2,1-2H3;1H. The molecule has 2 aromatic carbocycles. The third kappa shape index (κ3) is 5.34. The van der Waals surface area contributed by atoms with Crippen molar-refractivity contribution in [1.29, 1.82) is 0 Å². The van der Waals surface area contributed by atoms with E-state index in [2.05, 4.69) is 18.7 Å². The Labute approximate surface area is 189 Å². The number of fused-ring (bicyclic) bond motifs is 3. The van der Waals surface area contributed by atoms with Crippen LogP contribution in [0.2, 0.25) is 10.0 Å². The van der Waals surface area contributed by atoms with Crippen molar-refractivity contribution in [3.8, 4) is 11.1 Å². The number of rotatable bonds is 9. The minimum Gasteiger partial charge on any atom is -0.387 e. The van der Waals surface area contributed by atoms with Crippen LogP contribution in [0.3, 0.4) is 0 Å². The van der Waals surface area contributed by atoms with Gasteiger partial charge in [-0.1, -0.05) is 56.0 Å². The zero-order valence-corrected chi connectivity index (χ0v) is 19.2. The van der Waals surface area contributed by atoms with E-state index in [1.165, 1.54) is 0 Å². The van der Waals surface area contributed by atoms with Crippen molar-refractivity contribution in [3.05, 3.63) is 57.1 Å². The summed E-state index contributed by atoms with van der Waals surface area (Å²) in [6.07, 6.45) is 3.73. The Bertz CT molecular complexity index is 861. The lowest BCUT2D eigenvalue weighted by atomic mass is 9.95. The molecule has 1 aliphatic rings. The lowest BCUT2D eigenvalue weighted by Crippen LogP contribution is -2.31. The van der Waals surface area contributed by atoms with Crippen molar-refractivity contribution in [1.82, 2.24) is 4.90 Å². The first-order chi connectivity index (χ1) is 13.5. The highest BCUT2D eigenvalue weighted by atomic mass is 35.5. The zero-order chi connectivity index (χ0) is 20.3. The van der Waals surface area contributed by atoms with Crippen LogP contribution in [0.1, 0.15) is 67.1 Å². The van der Waals surface area contributed by atoms with Crippen LogP contribution in [-0.2, 0) is 0 Å². The Morgan fingerprint density at radius 3 is 2.17 bits per heavy atom. The number of unbranched alkanes of at least 4 members (excludes halogenated alkanes) is 2. The number of nitrogens with zero attached hydrogens (tertiary/aromatic N) is 1. The van der Waals surface area contributed by atoms with E-state index in [-0.39, 0.29) is 18.2 Å². The highest BCUT2D eigenvalue weighted by molar-refractivity contribution is 6.34. The van der Waals surface area contributed by atoms with E-state index in [1.54, 1.807) is 24.3 Å². The first-order valence-corrected chi connectivity index (χ1v) is 10.8. The van der Waals surface area contributed by atoms with Crippen LogP contribution in [0.5, 0.6) is 0 Å². The lowest BCUT2D eigenvalue weighted by Gasteiger charge is -2.26. The Kier molecular flexibility index (Phi) is 8.99. The van der Waals surface area contributed by atoms with Gasteiger partial charge < -0.3 is 10.0 Å². The van der Waals surface area contributed by atoms with Crippen LogP contribution in [0.25, 0.3) is 11.1 Å². The first-order valence-electron chi connectivity index (χ1n) is 10.0. The molecule has 0 amide bonds. The Balaban J connectivity index is 0.00000300. The molecule has 158 valence electrons. The predicted octanol–water partition coefficient (Wildman–Crippen LogP) is 6.56. The number of benzene rings is 2. The second-order valence-corrected chi connectivity index (χ2v) is 8.33. The van der Waals surface area contributed by atoms with E-state index in [0.29, 0.717) is 27.7 Å². The Morgan fingerprint density at radius 1 is 0.931 bits per heavy atom. The summed E-state index contributed by atoms with van der Waals surface area (Å²) in [7, 11) is 0. The fourth-order valence-electron chi connectivity index (χ4n) is 3.84. The number of carbonyl (C=O) groups is 1. The summed E-state index contributed by atoms with van der Waals surface area (Å²) in [4.78, 5) is 15.2. The topological polar surface area (TPSA) is 40.5 Å². The third-order valence-electron chi connectivity index (χ3n) is 5.32. The van der Waals surface area contributed by atoms with Gasteiger partial charge in [-0.05, 0) is 66.9 Å². The molecule has 29 heavy (non-hydrogen) atoms. The third-order valence-corrected chi connectivity index (χ3v) is 5.77. The van der Waals surface area contributed by atoms with E-state index in [9.17, 15) is 9.90 Å². The minimum atomic E-state index is -0.712. The molecule has 0 fully saturated rings. The number of hydrogen-bond donors (Lipinski definition) is 1. The molecular weight excluding hydrogens is 429 g/mol. The molecule has 1 aliphatic carbocycles. The van der Waals surface area contributed by atoms with Gasteiger partial charge in [0.2, 0.25) is 0 Å². The van der Waals surface area contributed by atoms with Crippen molar-refractivity contribution in [3.63, 3.8) is 0 Å². The molecule has 3 rings (SSSR count). The summed E-state index contributed by atoms with van der Waals surface area (Å²) in [5.74, 6) is -0.0859. The van der Waals surface area contributed by atoms with Crippen LogP contribution < -0.4 is 0 Å². The first kappa shape index (κ1) is 24.2. The molecule has 0 spiro atoms. The summed E-state index contributed by atoms with van der Waals surface area (Å²) in [6.45, 7) is 6.80. The van der Waals surface area contributed by atoms with Crippen molar-refractivity contribution >= 4 is 41.4 Å². The maximum atomic E-state index is 12.9. The van der Waals surface area contributed by atoms with Crippen molar-refractivity contribution in [2.45, 2.75) is 45.6 Å². The van der Waals surface area contributed by atoms with E-state index < -0.39 is 6.10 Å². The normalized spacial score (nSPS) is 13.2. The quantitative estimate of drug-likeness (QED) is 0.396. The average molecular weight is 457 g/mol. The summed E-state index contributed by atoms with van der Waals surface area (Å²) in [6, 6.07) is 8.81. The van der Waals surface area contributed by atoms with E-state index in [0.717, 1.165) is 55.5 Å². The van der Waals surface area contributed by atoms with Gasteiger partial charge in [-0.25, -0.2) is 0 Å². The molecule has 0 saturated heterocycles. The van der Waals surface area contributed by atoms with Gasteiger partial charge in [0.25, 0.3) is 0 Å². The predicted molar refractivity (Wildman–Crippen MR) is 124 cm³/mol. The maximum Gasteiger partial charge on any atom is 0.194 e. The van der Waals surface area contributed by atoms with Gasteiger partial charge in [0.05, 0.1) is 6.10 Å². The SMILES string of the molecule is CCCCN(CCCC)CC(O)c1cc(Cl)cc2c1-c1ccc(Cl)cc1C2=O.Cl. The van der Waals surface area contributed by atoms with Crippen molar-refractivity contribution in [2.75, 3.05) is 19.6 Å². The number of aliphatic hydroxyl groups is 1. The Morgan fingerprint density at radius 2 is 1.55 bits per heavy atom. The molecule has 0 aliphatic heterocycles.